The van der Waals surface area contributed by atoms with Crippen molar-refractivity contribution >= 4 is 11.7 Å². The average Bonchev–Trinajstić information content (AvgIpc) is 2.25. The normalized spacial score (nSPS) is 9.40. The summed E-state index contributed by atoms with van der Waals surface area (Å²) in [5.41, 5.74) is -0.102. The van der Waals surface area contributed by atoms with Crippen molar-refractivity contribution in [2.24, 2.45) is 0 Å². The van der Waals surface area contributed by atoms with Gasteiger partial charge in [0.25, 0.3) is 0 Å². The van der Waals surface area contributed by atoms with E-state index < -0.39 is 5.97 Å². The summed E-state index contributed by atoms with van der Waals surface area (Å²) in [7, 11) is 0. The topological polar surface area (TPSA) is 59.4 Å². The number of ether oxygens (including phenoxy) is 2. The fraction of sp³-hybridized carbons (Fsp3) is 0.273. The molecule has 0 saturated carbocycles. The molecule has 0 aliphatic carbocycles. The van der Waals surface area contributed by atoms with Crippen LogP contribution >= 0.6 is 0 Å². The zero-order valence-electron chi connectivity index (χ0n) is 8.53. The highest BCUT2D eigenvalue weighted by Gasteiger charge is 2.03. The van der Waals surface area contributed by atoms with E-state index in [1.807, 2.05) is 30.3 Å². The van der Waals surface area contributed by atoms with E-state index in [0.29, 0.717) is 6.61 Å². The maximum absolute atomic E-state index is 10.9. The van der Waals surface area contributed by atoms with E-state index in [9.17, 15) is 4.79 Å². The van der Waals surface area contributed by atoms with Gasteiger partial charge >= 0.3 is 5.97 Å². The van der Waals surface area contributed by atoms with Gasteiger partial charge in [-0.25, -0.2) is 4.79 Å². The number of hydrogen-bond acceptors (Lipinski definition) is 4. The van der Waals surface area contributed by atoms with E-state index >= 15 is 0 Å². The summed E-state index contributed by atoms with van der Waals surface area (Å²) >= 11 is 0. The molecule has 0 bridgehead atoms. The van der Waals surface area contributed by atoms with Crippen molar-refractivity contribution in [1.29, 1.82) is 5.41 Å². The first-order chi connectivity index (χ1) is 7.20. The summed E-state index contributed by atoms with van der Waals surface area (Å²) in [6.07, 6.45) is 0. The molecule has 0 saturated heterocycles. The second-order valence-electron chi connectivity index (χ2n) is 2.92. The van der Waals surface area contributed by atoms with Crippen molar-refractivity contribution in [2.75, 3.05) is 13.2 Å². The third-order valence-corrected chi connectivity index (χ3v) is 1.63. The van der Waals surface area contributed by atoms with E-state index in [4.69, 9.17) is 14.9 Å². The van der Waals surface area contributed by atoms with Crippen LogP contribution in [0.15, 0.2) is 30.3 Å². The molecule has 0 spiro atoms. The maximum atomic E-state index is 10.9. The minimum Gasteiger partial charge on any atom is -0.490 e. The lowest BCUT2D eigenvalue weighted by Gasteiger charge is -2.06. The zero-order valence-corrected chi connectivity index (χ0v) is 8.53. The molecule has 80 valence electrons. The lowest BCUT2D eigenvalue weighted by molar-refractivity contribution is -0.136. The first-order valence-corrected chi connectivity index (χ1v) is 4.60. The van der Waals surface area contributed by atoms with Gasteiger partial charge in [-0.2, -0.15) is 0 Å². The Morgan fingerprint density at radius 2 is 1.93 bits per heavy atom. The van der Waals surface area contributed by atoms with E-state index in [2.05, 4.69) is 0 Å². The second kappa shape index (κ2) is 5.80. The Morgan fingerprint density at radius 3 is 2.53 bits per heavy atom. The van der Waals surface area contributed by atoms with Crippen LogP contribution in [0.5, 0.6) is 5.75 Å². The van der Waals surface area contributed by atoms with Gasteiger partial charge in [-0.15, -0.1) is 0 Å². The molecule has 0 radical (unpaired) electrons. The Balaban J connectivity index is 2.18. The summed E-state index contributed by atoms with van der Waals surface area (Å²) in [6, 6.07) is 9.27. The number of esters is 1. The van der Waals surface area contributed by atoms with Gasteiger partial charge < -0.3 is 9.47 Å². The number of para-hydroxylation sites is 1. The number of nitrogens with one attached hydrogen (secondary N) is 1. The summed E-state index contributed by atoms with van der Waals surface area (Å²) in [6.45, 7) is 1.84. The highest BCUT2D eigenvalue weighted by molar-refractivity contribution is 6.33. The van der Waals surface area contributed by atoms with Gasteiger partial charge in [0.1, 0.15) is 24.7 Å². The highest BCUT2D eigenvalue weighted by Crippen LogP contribution is 2.07. The van der Waals surface area contributed by atoms with Gasteiger partial charge in [-0.3, -0.25) is 5.41 Å². The molecule has 0 aliphatic heterocycles. The molecule has 0 fully saturated rings. The van der Waals surface area contributed by atoms with E-state index in [1.54, 1.807) is 0 Å². The molecule has 0 unspecified atom stereocenters. The molecule has 1 aromatic rings. The first kappa shape index (κ1) is 11.2. The Hall–Kier alpha value is -1.84. The van der Waals surface area contributed by atoms with Crippen molar-refractivity contribution in [1.82, 2.24) is 0 Å². The van der Waals surface area contributed by atoms with Crippen molar-refractivity contribution in [3.05, 3.63) is 30.3 Å². The van der Waals surface area contributed by atoms with Crippen LogP contribution in [-0.2, 0) is 9.53 Å². The molecule has 15 heavy (non-hydrogen) atoms. The Kier molecular flexibility index (Phi) is 4.34. The van der Waals surface area contributed by atoms with Gasteiger partial charge in [0.15, 0.2) is 0 Å². The molecule has 1 aromatic carbocycles. The molecule has 1 rings (SSSR count). The number of hydrogen-bond donors (Lipinski definition) is 1. The first-order valence-electron chi connectivity index (χ1n) is 4.60. The van der Waals surface area contributed by atoms with Gasteiger partial charge in [-0.05, 0) is 19.1 Å². The van der Waals surface area contributed by atoms with Crippen molar-refractivity contribution in [3.8, 4) is 5.75 Å². The quantitative estimate of drug-likeness (QED) is 0.453. The lowest BCUT2D eigenvalue weighted by Crippen LogP contribution is -2.17. The lowest BCUT2D eigenvalue weighted by atomic mass is 10.3. The van der Waals surface area contributed by atoms with Crippen LogP contribution in [0.4, 0.5) is 0 Å². The Bertz CT molecular complexity index is 335. The number of benzene rings is 1. The number of carbonyl (C=O) groups is 1. The summed E-state index contributed by atoms with van der Waals surface area (Å²) in [5.74, 6) is 0.131. The van der Waals surface area contributed by atoms with Crippen LogP contribution < -0.4 is 4.74 Å². The van der Waals surface area contributed by atoms with Gasteiger partial charge in [0.05, 0.1) is 0 Å². The summed E-state index contributed by atoms with van der Waals surface area (Å²) < 4.78 is 10.0. The summed E-state index contributed by atoms with van der Waals surface area (Å²) in [5, 5.41) is 6.98. The third kappa shape index (κ3) is 4.26. The smallest absolute Gasteiger partial charge is 0.351 e. The average molecular weight is 207 g/mol. The summed E-state index contributed by atoms with van der Waals surface area (Å²) in [4.78, 5) is 10.9. The van der Waals surface area contributed by atoms with Crippen LogP contribution in [-0.4, -0.2) is 24.9 Å². The molecule has 1 N–H and O–H groups in total. The number of carbonyl (C=O) groups excluding carboxylic acids is 1. The van der Waals surface area contributed by atoms with Gasteiger partial charge in [0.2, 0.25) is 0 Å². The van der Waals surface area contributed by atoms with E-state index in [1.165, 1.54) is 6.92 Å². The third-order valence-electron chi connectivity index (χ3n) is 1.63. The fourth-order valence-electron chi connectivity index (χ4n) is 0.919. The van der Waals surface area contributed by atoms with E-state index in [-0.39, 0.29) is 12.3 Å². The van der Waals surface area contributed by atoms with Crippen LogP contribution in [0.2, 0.25) is 0 Å². The van der Waals surface area contributed by atoms with Crippen LogP contribution in [0, 0.1) is 5.41 Å². The largest absolute Gasteiger partial charge is 0.490 e. The predicted octanol–water partition coefficient (Wildman–Crippen LogP) is 1.65. The minimum atomic E-state index is -0.605. The monoisotopic (exact) mass is 207 g/mol. The molecule has 4 nitrogen and oxygen atoms in total. The van der Waals surface area contributed by atoms with Crippen LogP contribution in [0.1, 0.15) is 6.92 Å². The van der Waals surface area contributed by atoms with Gasteiger partial charge in [0, 0.05) is 0 Å². The van der Waals surface area contributed by atoms with Crippen LogP contribution in [0.25, 0.3) is 0 Å². The second-order valence-corrected chi connectivity index (χ2v) is 2.92. The molecular weight excluding hydrogens is 194 g/mol. The van der Waals surface area contributed by atoms with Crippen molar-refractivity contribution < 1.29 is 14.3 Å². The number of rotatable bonds is 5. The molecule has 0 amide bonds. The molecule has 0 aromatic heterocycles. The maximum Gasteiger partial charge on any atom is 0.351 e. The van der Waals surface area contributed by atoms with Crippen molar-refractivity contribution in [2.45, 2.75) is 6.92 Å². The fourth-order valence-corrected chi connectivity index (χ4v) is 0.919. The minimum absolute atomic E-state index is 0.102. The van der Waals surface area contributed by atoms with E-state index in [0.717, 1.165) is 5.75 Å². The zero-order chi connectivity index (χ0) is 11.1. The standard InChI is InChI=1S/C11H13NO3/c1-9(12)11(13)15-8-7-14-10-5-3-2-4-6-10/h2-6,12H,7-8H2,1H3. The molecular formula is C11H13NO3. The predicted molar refractivity (Wildman–Crippen MR) is 56.3 cm³/mol. The Labute approximate surface area is 88.3 Å². The molecule has 0 atom stereocenters. The molecule has 4 heteroatoms. The van der Waals surface area contributed by atoms with Crippen molar-refractivity contribution in [3.63, 3.8) is 0 Å². The van der Waals surface area contributed by atoms with Gasteiger partial charge in [-0.1, -0.05) is 18.2 Å². The highest BCUT2D eigenvalue weighted by atomic mass is 16.6. The van der Waals surface area contributed by atoms with Crippen LogP contribution in [0.3, 0.4) is 0 Å². The SMILES string of the molecule is CC(=N)C(=O)OCCOc1ccccc1. The molecule has 0 aliphatic rings. The molecule has 0 heterocycles. The Morgan fingerprint density at radius 1 is 1.27 bits per heavy atom.